The number of carbonyl (C=O) groups is 1. The van der Waals surface area contributed by atoms with Crippen molar-refractivity contribution in [2.75, 3.05) is 0 Å². The summed E-state index contributed by atoms with van der Waals surface area (Å²) in [6.45, 7) is 4.64. The first kappa shape index (κ1) is 28.1. The summed E-state index contributed by atoms with van der Waals surface area (Å²) in [5.41, 5.74) is 13.1. The first-order chi connectivity index (χ1) is 19.5. The van der Waals surface area contributed by atoms with Gasteiger partial charge in [-0.1, -0.05) is 63.3 Å². The van der Waals surface area contributed by atoms with E-state index in [1.165, 1.54) is 24.0 Å². The molecule has 4 nitrogen and oxygen atoms in total. The third-order valence-corrected chi connectivity index (χ3v) is 9.00. The molecule has 0 spiro atoms. The summed E-state index contributed by atoms with van der Waals surface area (Å²) in [4.78, 5) is 13.6. The molecule has 0 amide bonds. The second-order valence-electron chi connectivity index (χ2n) is 12.0. The molecule has 1 aromatic heterocycles. The van der Waals surface area contributed by atoms with Gasteiger partial charge in [-0.3, -0.25) is 4.79 Å². The number of hydrogen-bond acceptors (Lipinski definition) is 3. The average molecular weight is 534 g/mol. The lowest BCUT2D eigenvalue weighted by atomic mass is 9.81. The number of nitrogens with zero attached hydrogens (tertiary/aromatic N) is 2. The predicted molar refractivity (Wildman–Crippen MR) is 166 cm³/mol. The summed E-state index contributed by atoms with van der Waals surface area (Å²) < 4.78 is 1.92. The molecule has 0 aliphatic heterocycles. The molecule has 4 heteroatoms. The minimum Gasteiger partial charge on any atom is -0.328 e. The van der Waals surface area contributed by atoms with Crippen LogP contribution in [0, 0.1) is 24.2 Å². The van der Waals surface area contributed by atoms with Crippen molar-refractivity contribution >= 4 is 11.9 Å². The van der Waals surface area contributed by atoms with E-state index in [0.29, 0.717) is 35.9 Å². The Labute approximate surface area is 240 Å². The van der Waals surface area contributed by atoms with Crippen molar-refractivity contribution in [1.29, 1.82) is 0 Å². The Morgan fingerprint density at radius 2 is 1.82 bits per heavy atom. The number of hydrogen-bond donors (Lipinski definition) is 1. The maximum Gasteiger partial charge on any atom is 0.183 e. The zero-order valence-corrected chi connectivity index (χ0v) is 24.1. The van der Waals surface area contributed by atoms with E-state index in [1.54, 1.807) is 0 Å². The lowest BCUT2D eigenvalue weighted by molar-refractivity contribution is 0.0947. The predicted octanol–water partition coefficient (Wildman–Crippen LogP) is 8.33. The summed E-state index contributed by atoms with van der Waals surface area (Å²) in [7, 11) is 0. The highest BCUT2D eigenvalue weighted by Gasteiger charge is 2.25. The van der Waals surface area contributed by atoms with Gasteiger partial charge in [0.2, 0.25) is 0 Å². The maximum atomic E-state index is 13.6. The SMILES string of the molecule is C#Cc1ccc(-n2nc(C(=O)CC3CCCC(N)CCC3)cc2-c2ccc3c(c2)C=CCC(C)C3CCC)cc1. The second-order valence-corrected chi connectivity index (χ2v) is 12.0. The number of carbonyl (C=O) groups excluding carboxylic acids is 1. The van der Waals surface area contributed by atoms with Crippen LogP contribution in [0.25, 0.3) is 23.0 Å². The Morgan fingerprint density at radius 3 is 2.52 bits per heavy atom. The third-order valence-electron chi connectivity index (χ3n) is 9.00. The zero-order valence-electron chi connectivity index (χ0n) is 24.1. The molecule has 0 radical (unpaired) electrons. The normalized spacial score (nSPS) is 22.9. The third kappa shape index (κ3) is 6.31. The molecule has 208 valence electrons. The molecule has 1 fully saturated rings. The summed E-state index contributed by atoms with van der Waals surface area (Å²) in [6.07, 6.45) is 20.7. The van der Waals surface area contributed by atoms with E-state index < -0.39 is 0 Å². The van der Waals surface area contributed by atoms with E-state index in [0.717, 1.165) is 67.5 Å². The lowest BCUT2D eigenvalue weighted by Gasteiger charge is -2.23. The van der Waals surface area contributed by atoms with Crippen molar-refractivity contribution in [3.63, 3.8) is 0 Å². The average Bonchev–Trinajstić information content (AvgIpc) is 3.34. The van der Waals surface area contributed by atoms with Gasteiger partial charge in [0, 0.05) is 23.6 Å². The van der Waals surface area contributed by atoms with Crippen molar-refractivity contribution in [2.45, 2.75) is 90.0 Å². The summed E-state index contributed by atoms with van der Waals surface area (Å²) >= 11 is 0. The number of rotatable bonds is 7. The van der Waals surface area contributed by atoms with E-state index in [1.807, 2.05) is 35.0 Å². The molecular formula is C36H43N3O. The first-order valence-electron chi connectivity index (χ1n) is 15.2. The molecule has 2 aromatic carbocycles. The number of terminal acetylenes is 1. The van der Waals surface area contributed by atoms with E-state index in [-0.39, 0.29) is 5.78 Å². The molecule has 3 aromatic rings. The van der Waals surface area contributed by atoms with Gasteiger partial charge in [-0.25, -0.2) is 4.68 Å². The molecule has 2 N–H and O–H groups in total. The molecule has 2 aliphatic rings. The largest absolute Gasteiger partial charge is 0.328 e. The Hall–Kier alpha value is -3.42. The van der Waals surface area contributed by atoms with Crippen LogP contribution in [0.1, 0.15) is 111 Å². The van der Waals surface area contributed by atoms with Crippen molar-refractivity contribution in [1.82, 2.24) is 9.78 Å². The van der Waals surface area contributed by atoms with Gasteiger partial charge in [0.25, 0.3) is 0 Å². The lowest BCUT2D eigenvalue weighted by Crippen LogP contribution is -2.23. The van der Waals surface area contributed by atoms with Gasteiger partial charge >= 0.3 is 0 Å². The number of fused-ring (bicyclic) bond motifs is 1. The topological polar surface area (TPSA) is 60.9 Å². The first-order valence-corrected chi connectivity index (χ1v) is 15.2. The van der Waals surface area contributed by atoms with Gasteiger partial charge in [0.05, 0.1) is 11.4 Å². The van der Waals surface area contributed by atoms with Crippen LogP contribution < -0.4 is 5.73 Å². The number of allylic oxidation sites excluding steroid dienone is 1. The van der Waals surface area contributed by atoms with Gasteiger partial charge in [-0.15, -0.1) is 6.42 Å². The minimum atomic E-state index is 0.126. The molecule has 2 atom stereocenters. The highest BCUT2D eigenvalue weighted by atomic mass is 16.1. The maximum absolute atomic E-state index is 13.6. The van der Waals surface area contributed by atoms with E-state index in [2.05, 4.69) is 50.1 Å². The van der Waals surface area contributed by atoms with Crippen molar-refractivity contribution in [2.24, 2.45) is 17.6 Å². The van der Waals surface area contributed by atoms with Crippen LogP contribution in [-0.4, -0.2) is 21.6 Å². The van der Waals surface area contributed by atoms with Crippen LogP contribution in [0.4, 0.5) is 0 Å². The Kier molecular flexibility index (Phi) is 9.02. The quantitative estimate of drug-likeness (QED) is 0.245. The van der Waals surface area contributed by atoms with Gasteiger partial charge in [-0.2, -0.15) is 5.10 Å². The summed E-state index contributed by atoms with van der Waals surface area (Å²) in [5.74, 6) is 4.40. The zero-order chi connectivity index (χ0) is 28.1. The molecule has 0 bridgehead atoms. The van der Waals surface area contributed by atoms with Crippen LogP contribution in [0.2, 0.25) is 0 Å². The number of benzene rings is 2. The molecule has 5 rings (SSSR count). The molecule has 0 saturated heterocycles. The number of nitrogens with two attached hydrogens (primary N) is 1. The van der Waals surface area contributed by atoms with Crippen molar-refractivity contribution in [3.8, 4) is 29.3 Å². The van der Waals surface area contributed by atoms with Crippen LogP contribution >= 0.6 is 0 Å². The van der Waals surface area contributed by atoms with Crippen LogP contribution in [0.5, 0.6) is 0 Å². The summed E-state index contributed by atoms with van der Waals surface area (Å²) in [5, 5.41) is 4.90. The monoisotopic (exact) mass is 533 g/mol. The highest BCUT2D eigenvalue weighted by Crippen LogP contribution is 2.39. The Balaban J connectivity index is 1.50. The number of aromatic nitrogens is 2. The van der Waals surface area contributed by atoms with Crippen molar-refractivity contribution in [3.05, 3.63) is 77.0 Å². The molecular weight excluding hydrogens is 490 g/mol. The molecule has 2 unspecified atom stereocenters. The van der Waals surface area contributed by atoms with Gasteiger partial charge in [-0.05, 0) is 104 Å². The smallest absolute Gasteiger partial charge is 0.183 e. The minimum absolute atomic E-state index is 0.126. The van der Waals surface area contributed by atoms with Gasteiger partial charge in [0.15, 0.2) is 5.78 Å². The molecule has 2 aliphatic carbocycles. The number of ketones is 1. The van der Waals surface area contributed by atoms with Crippen molar-refractivity contribution < 1.29 is 4.79 Å². The molecule has 40 heavy (non-hydrogen) atoms. The van der Waals surface area contributed by atoms with E-state index >= 15 is 0 Å². The van der Waals surface area contributed by atoms with Crippen LogP contribution in [0.15, 0.2) is 54.6 Å². The standard InChI is InChI=1S/C36H43N3O/c1-4-9-32-25(3)10-6-13-28-23-29(18-21-33(28)32)35-24-34(38-39(35)31-19-16-26(5-2)17-20-31)36(40)22-27-11-7-14-30(37)15-8-12-27/h2,6,13,16-21,23-25,27,30,32H,4,7-12,14-15,22,37H2,1,3H3. The molecule has 1 heterocycles. The Bertz CT molecular complexity index is 1380. The second kappa shape index (κ2) is 12.8. The fourth-order valence-corrected chi connectivity index (χ4v) is 6.66. The summed E-state index contributed by atoms with van der Waals surface area (Å²) in [6, 6.07) is 16.9. The van der Waals surface area contributed by atoms with Crippen LogP contribution in [-0.2, 0) is 0 Å². The fraction of sp³-hybridized carbons (Fsp3) is 0.444. The highest BCUT2D eigenvalue weighted by molar-refractivity contribution is 5.95. The van der Waals surface area contributed by atoms with Gasteiger partial charge < -0.3 is 5.73 Å². The van der Waals surface area contributed by atoms with E-state index in [9.17, 15) is 4.79 Å². The molecule has 1 saturated carbocycles. The fourth-order valence-electron chi connectivity index (χ4n) is 6.66. The van der Waals surface area contributed by atoms with E-state index in [4.69, 9.17) is 17.3 Å². The van der Waals surface area contributed by atoms with Gasteiger partial charge in [0.1, 0.15) is 5.69 Å². The number of Topliss-reactive ketones (excluding diaryl/α,β-unsaturated/α-hetero) is 1. The van der Waals surface area contributed by atoms with Crippen LogP contribution in [0.3, 0.4) is 0 Å². The Morgan fingerprint density at radius 1 is 1.07 bits per heavy atom.